The van der Waals surface area contributed by atoms with Gasteiger partial charge in [0.05, 0.1) is 6.10 Å². The van der Waals surface area contributed by atoms with Crippen LogP contribution in [0.5, 0.6) is 17.2 Å². The van der Waals surface area contributed by atoms with Crippen molar-refractivity contribution in [3.05, 3.63) is 17.7 Å². The minimum atomic E-state index is -1.01. The number of hydrogen-bond acceptors (Lipinski definition) is 5. The molecule has 18 heavy (non-hydrogen) atoms. The predicted octanol–water partition coefficient (Wildman–Crippen LogP) is 1.25. The molecule has 104 valence electrons. The second-order valence-corrected chi connectivity index (χ2v) is 3.73. The first-order chi connectivity index (χ1) is 7.97. The summed E-state index contributed by atoms with van der Waals surface area (Å²) in [6.07, 6.45) is -1.01. The van der Waals surface area contributed by atoms with Gasteiger partial charge in [-0.1, -0.05) is 0 Å². The number of halogens is 2. The fourth-order valence-electron chi connectivity index (χ4n) is 1.38. The van der Waals surface area contributed by atoms with Crippen LogP contribution in [-0.4, -0.2) is 34.6 Å². The molecular weight excluding hydrogens is 265 g/mol. The molecule has 0 fully saturated rings. The molecule has 0 heterocycles. The van der Waals surface area contributed by atoms with E-state index in [1.807, 2.05) is 0 Å². The van der Waals surface area contributed by atoms with E-state index in [0.717, 1.165) is 0 Å². The highest BCUT2D eigenvalue weighted by atomic mass is 35.5. The number of nitrogens with two attached hydrogens (primary N) is 1. The zero-order valence-electron chi connectivity index (χ0n) is 9.84. The van der Waals surface area contributed by atoms with Crippen LogP contribution in [0, 0.1) is 0 Å². The molecule has 0 spiro atoms. The van der Waals surface area contributed by atoms with Crippen LogP contribution in [0.25, 0.3) is 0 Å². The Balaban J connectivity index is 0.00000289. The van der Waals surface area contributed by atoms with Gasteiger partial charge in [0.1, 0.15) is 13.3 Å². The standard InChI is InChI=1S/C11H16FNO4.ClH/c1-6(13)10(16)7-4-8(14)11(9(15)5-7)17-3-2-12;/h4-6,10,14-16H,2-3,13H2,1H3;1H. The van der Waals surface area contributed by atoms with Crippen molar-refractivity contribution in [2.45, 2.75) is 19.1 Å². The molecule has 0 amide bonds. The summed E-state index contributed by atoms with van der Waals surface area (Å²) in [6, 6.07) is 1.90. The van der Waals surface area contributed by atoms with Gasteiger partial charge in [0, 0.05) is 6.04 Å². The highest BCUT2D eigenvalue weighted by molar-refractivity contribution is 5.85. The van der Waals surface area contributed by atoms with Gasteiger partial charge in [0.2, 0.25) is 5.75 Å². The van der Waals surface area contributed by atoms with Crippen molar-refractivity contribution >= 4 is 12.4 Å². The number of aliphatic hydroxyl groups is 1. The Morgan fingerprint density at radius 2 is 1.83 bits per heavy atom. The van der Waals surface area contributed by atoms with Crippen molar-refractivity contribution in [1.29, 1.82) is 0 Å². The van der Waals surface area contributed by atoms with Gasteiger partial charge in [-0.25, -0.2) is 4.39 Å². The Kier molecular flexibility index (Phi) is 6.75. The van der Waals surface area contributed by atoms with Crippen LogP contribution in [0.2, 0.25) is 0 Å². The zero-order chi connectivity index (χ0) is 13.0. The molecule has 1 aromatic rings. The summed E-state index contributed by atoms with van der Waals surface area (Å²) in [5, 5.41) is 28.8. The minimum Gasteiger partial charge on any atom is -0.504 e. The fourth-order valence-corrected chi connectivity index (χ4v) is 1.38. The van der Waals surface area contributed by atoms with E-state index in [2.05, 4.69) is 0 Å². The van der Waals surface area contributed by atoms with Gasteiger partial charge >= 0.3 is 0 Å². The van der Waals surface area contributed by atoms with Crippen LogP contribution in [0.4, 0.5) is 4.39 Å². The molecule has 0 saturated heterocycles. The van der Waals surface area contributed by atoms with Crippen molar-refractivity contribution in [2.75, 3.05) is 13.3 Å². The molecule has 0 saturated carbocycles. The second-order valence-electron chi connectivity index (χ2n) is 3.73. The number of alkyl halides is 1. The Morgan fingerprint density at radius 3 is 2.22 bits per heavy atom. The molecule has 5 nitrogen and oxygen atoms in total. The van der Waals surface area contributed by atoms with Gasteiger partial charge in [0.25, 0.3) is 0 Å². The normalized spacial score (nSPS) is 13.6. The molecule has 0 bridgehead atoms. The Bertz CT molecular complexity index is 366. The highest BCUT2D eigenvalue weighted by Crippen LogP contribution is 2.38. The van der Waals surface area contributed by atoms with Crippen LogP contribution in [0.1, 0.15) is 18.6 Å². The molecule has 0 aliphatic carbocycles. The predicted molar refractivity (Wildman–Crippen MR) is 67.1 cm³/mol. The summed E-state index contributed by atoms with van der Waals surface area (Å²) in [5.74, 6) is -0.940. The molecule has 0 radical (unpaired) electrons. The van der Waals surface area contributed by atoms with Crippen molar-refractivity contribution in [1.82, 2.24) is 0 Å². The first-order valence-electron chi connectivity index (χ1n) is 5.15. The molecule has 1 rings (SSSR count). The lowest BCUT2D eigenvalue weighted by atomic mass is 10.0. The van der Waals surface area contributed by atoms with E-state index in [0.29, 0.717) is 0 Å². The quantitative estimate of drug-likeness (QED) is 0.651. The topological polar surface area (TPSA) is 95.9 Å². The van der Waals surface area contributed by atoms with Gasteiger partial charge in [0.15, 0.2) is 11.5 Å². The fraction of sp³-hybridized carbons (Fsp3) is 0.455. The average Bonchev–Trinajstić information content (AvgIpc) is 2.26. The molecule has 1 aromatic carbocycles. The van der Waals surface area contributed by atoms with Crippen molar-refractivity contribution in [3.63, 3.8) is 0 Å². The minimum absolute atomic E-state index is 0. The number of benzene rings is 1. The molecule has 2 unspecified atom stereocenters. The molecule has 7 heteroatoms. The number of hydrogen-bond donors (Lipinski definition) is 4. The maximum Gasteiger partial charge on any atom is 0.203 e. The summed E-state index contributed by atoms with van der Waals surface area (Å²) >= 11 is 0. The maximum atomic E-state index is 11.9. The smallest absolute Gasteiger partial charge is 0.203 e. The van der Waals surface area contributed by atoms with Gasteiger partial charge in [-0.15, -0.1) is 12.4 Å². The van der Waals surface area contributed by atoms with E-state index in [1.54, 1.807) is 6.92 Å². The lowest BCUT2D eigenvalue weighted by Gasteiger charge is -2.17. The number of phenols is 2. The van der Waals surface area contributed by atoms with E-state index in [4.69, 9.17) is 10.5 Å². The largest absolute Gasteiger partial charge is 0.504 e. The third-order valence-electron chi connectivity index (χ3n) is 2.24. The third-order valence-corrected chi connectivity index (χ3v) is 2.24. The zero-order valence-corrected chi connectivity index (χ0v) is 10.7. The monoisotopic (exact) mass is 281 g/mol. The number of ether oxygens (including phenoxy) is 1. The SMILES string of the molecule is CC(N)C(O)c1cc(O)c(OCCF)c(O)c1.Cl. The number of rotatable bonds is 5. The van der Waals surface area contributed by atoms with Crippen LogP contribution in [0.3, 0.4) is 0 Å². The number of aromatic hydroxyl groups is 2. The van der Waals surface area contributed by atoms with E-state index in [1.165, 1.54) is 12.1 Å². The van der Waals surface area contributed by atoms with Crippen LogP contribution in [0.15, 0.2) is 12.1 Å². The first kappa shape index (κ1) is 16.8. The van der Waals surface area contributed by atoms with Crippen molar-refractivity contribution in [2.24, 2.45) is 5.73 Å². The number of phenolic OH excluding ortho intramolecular Hbond substituents is 2. The highest BCUT2D eigenvalue weighted by Gasteiger charge is 2.18. The Hall–Kier alpha value is -1.24. The molecule has 5 N–H and O–H groups in total. The van der Waals surface area contributed by atoms with E-state index < -0.39 is 18.8 Å². The number of aliphatic hydroxyl groups excluding tert-OH is 1. The van der Waals surface area contributed by atoms with Crippen LogP contribution >= 0.6 is 12.4 Å². The third kappa shape index (κ3) is 3.90. The maximum absolute atomic E-state index is 11.9. The summed E-state index contributed by atoms with van der Waals surface area (Å²) in [6.45, 7) is 0.589. The summed E-state index contributed by atoms with van der Waals surface area (Å²) in [5.41, 5.74) is 5.76. The van der Waals surface area contributed by atoms with Crippen LogP contribution in [-0.2, 0) is 0 Å². The molecular formula is C11H17ClFNO4. The summed E-state index contributed by atoms with van der Waals surface area (Å²) in [7, 11) is 0. The van der Waals surface area contributed by atoms with Crippen molar-refractivity contribution in [3.8, 4) is 17.2 Å². The summed E-state index contributed by atoms with van der Waals surface area (Å²) < 4.78 is 16.7. The van der Waals surface area contributed by atoms with Gasteiger partial charge in [-0.3, -0.25) is 0 Å². The second kappa shape index (κ2) is 7.25. The average molecular weight is 282 g/mol. The van der Waals surface area contributed by atoms with Crippen molar-refractivity contribution < 1.29 is 24.4 Å². The Morgan fingerprint density at radius 1 is 1.33 bits per heavy atom. The molecule has 0 aliphatic heterocycles. The lowest BCUT2D eigenvalue weighted by molar-refractivity contribution is 0.152. The van der Waals surface area contributed by atoms with Gasteiger partial charge in [-0.2, -0.15) is 0 Å². The van der Waals surface area contributed by atoms with Gasteiger partial charge < -0.3 is 25.8 Å². The molecule has 2 atom stereocenters. The first-order valence-corrected chi connectivity index (χ1v) is 5.15. The Labute approximate surface area is 110 Å². The molecule has 0 aliphatic rings. The lowest BCUT2D eigenvalue weighted by Crippen LogP contribution is -2.24. The van der Waals surface area contributed by atoms with E-state index >= 15 is 0 Å². The summed E-state index contributed by atoms with van der Waals surface area (Å²) in [4.78, 5) is 0. The van der Waals surface area contributed by atoms with E-state index in [9.17, 15) is 19.7 Å². The van der Waals surface area contributed by atoms with Crippen LogP contribution < -0.4 is 10.5 Å². The molecule has 0 aromatic heterocycles. The van der Waals surface area contributed by atoms with E-state index in [-0.39, 0.29) is 41.8 Å². The van der Waals surface area contributed by atoms with Gasteiger partial charge in [-0.05, 0) is 24.6 Å².